The molecule has 3 aliphatic rings. The molecule has 0 fully saturated rings. The first-order valence-electron chi connectivity index (χ1n) is 29.1. The summed E-state index contributed by atoms with van der Waals surface area (Å²) in [6.07, 6.45) is 0. The molecule has 1 unspecified atom stereocenters. The molecule has 1 nitrogen and oxygen atoms in total. The summed E-state index contributed by atoms with van der Waals surface area (Å²) in [6.45, 7) is 2.41. The molecule has 0 saturated heterocycles. The lowest BCUT2D eigenvalue weighted by Gasteiger charge is -2.36. The van der Waals surface area contributed by atoms with Crippen molar-refractivity contribution in [3.63, 3.8) is 0 Å². The molecule has 390 valence electrons. The maximum atomic E-state index is 2.54. The fraction of sp³-hybridized carbons (Fsp3) is 0.0370. The highest BCUT2D eigenvalue weighted by atomic mass is 28.3. The summed E-state index contributed by atoms with van der Waals surface area (Å²) in [5.41, 5.74) is 23.9. The molecule has 16 rings (SSSR count). The van der Waals surface area contributed by atoms with E-state index in [9.17, 15) is 0 Å². The Morgan fingerprint density at radius 3 is 1.34 bits per heavy atom. The van der Waals surface area contributed by atoms with E-state index in [1.54, 1.807) is 0 Å². The SMILES string of the molecule is CC1(c2ccccc2)c2ccccc2-c2ccc(-c3ccc(N(c4cccc(C5(c6ccccc6)c6ccccc6-c6ccccc65)c4)c4cccc([Si]5(c6ccccc6)c6ccccc6-c6ccccc65)c4)cc3-c3ccccc3)cc21. The van der Waals surface area contributed by atoms with Gasteiger partial charge in [0.05, 0.1) is 5.41 Å². The fourth-order valence-corrected chi connectivity index (χ4v) is 20.4. The van der Waals surface area contributed by atoms with Crippen molar-refractivity contribution in [3.8, 4) is 55.6 Å². The van der Waals surface area contributed by atoms with Crippen molar-refractivity contribution in [3.05, 3.63) is 367 Å². The number of hydrogen-bond donors (Lipinski definition) is 0. The van der Waals surface area contributed by atoms with E-state index in [4.69, 9.17) is 0 Å². The van der Waals surface area contributed by atoms with Crippen LogP contribution in [0.25, 0.3) is 55.6 Å². The van der Waals surface area contributed by atoms with Gasteiger partial charge in [-0.25, -0.2) is 0 Å². The molecule has 0 saturated carbocycles. The minimum atomic E-state index is -2.88. The number of hydrogen-bond acceptors (Lipinski definition) is 1. The molecule has 0 N–H and O–H groups in total. The Bertz CT molecular complexity index is 4370. The van der Waals surface area contributed by atoms with Gasteiger partial charge < -0.3 is 4.90 Å². The Morgan fingerprint density at radius 2 is 0.699 bits per heavy atom. The van der Waals surface area contributed by atoms with Crippen LogP contribution in [-0.2, 0) is 10.8 Å². The van der Waals surface area contributed by atoms with Crippen molar-refractivity contribution >= 4 is 45.9 Å². The lowest BCUT2D eigenvalue weighted by molar-refractivity contribution is 0.714. The Hall–Kier alpha value is -10.1. The third-order valence-electron chi connectivity index (χ3n) is 18.7. The van der Waals surface area contributed by atoms with Crippen LogP contribution in [0.5, 0.6) is 0 Å². The molecule has 83 heavy (non-hydrogen) atoms. The van der Waals surface area contributed by atoms with Crippen LogP contribution < -0.4 is 25.6 Å². The second-order valence-electron chi connectivity index (χ2n) is 22.7. The van der Waals surface area contributed by atoms with E-state index < -0.39 is 13.5 Å². The molecular formula is C81H57NSi. The number of anilines is 3. The number of nitrogens with zero attached hydrogens (tertiary/aromatic N) is 1. The molecule has 0 radical (unpaired) electrons. The lowest BCUT2D eigenvalue weighted by atomic mass is 9.67. The van der Waals surface area contributed by atoms with Crippen LogP contribution in [0.15, 0.2) is 328 Å². The van der Waals surface area contributed by atoms with Gasteiger partial charge in [0, 0.05) is 22.5 Å². The Balaban J connectivity index is 0.947. The van der Waals surface area contributed by atoms with Gasteiger partial charge in [0.2, 0.25) is 0 Å². The van der Waals surface area contributed by atoms with Gasteiger partial charge in [-0.05, 0) is 165 Å². The standard InChI is InChI=1S/C81H57NSi/c1-80(58-28-8-3-9-29-58)74-43-19-14-38-67(74)70-50-48-57(52-77(70)80)66-51-49-63(55-73(66)56-26-6-2-7-27-56)82(61-33-24-32-60(53-61)81(59-30-10-4-11-31-59)75-44-20-15-39-68(75)69-40-16-21-45-76(69)81)62-34-25-37-65(54-62)83(64-35-12-5-13-36-64)78-46-22-17-41-71(78)72-42-18-23-47-79(72)83/h2-55H,1H3. The van der Waals surface area contributed by atoms with E-state index in [1.807, 2.05) is 0 Å². The van der Waals surface area contributed by atoms with Gasteiger partial charge in [-0.3, -0.25) is 0 Å². The molecule has 0 amide bonds. The molecule has 1 aliphatic heterocycles. The fourth-order valence-electron chi connectivity index (χ4n) is 15.1. The highest BCUT2D eigenvalue weighted by Gasteiger charge is 2.50. The Morgan fingerprint density at radius 1 is 0.253 bits per heavy atom. The topological polar surface area (TPSA) is 3.24 Å². The van der Waals surface area contributed by atoms with E-state index >= 15 is 0 Å². The van der Waals surface area contributed by atoms with Crippen LogP contribution in [0.4, 0.5) is 17.1 Å². The summed E-state index contributed by atoms with van der Waals surface area (Å²) in [5, 5.41) is 5.58. The minimum absolute atomic E-state index is 0.332. The molecule has 2 aliphatic carbocycles. The van der Waals surface area contributed by atoms with E-state index in [2.05, 4.69) is 339 Å². The third-order valence-corrected chi connectivity index (χ3v) is 23.6. The summed E-state index contributed by atoms with van der Waals surface area (Å²) >= 11 is 0. The molecule has 2 heteroatoms. The van der Waals surface area contributed by atoms with Crippen LogP contribution in [0.2, 0.25) is 0 Å². The van der Waals surface area contributed by atoms with E-state index in [0.717, 1.165) is 17.1 Å². The minimum Gasteiger partial charge on any atom is -0.310 e. The molecule has 0 spiro atoms. The zero-order valence-electron chi connectivity index (χ0n) is 46.1. The summed E-state index contributed by atoms with van der Waals surface area (Å²) in [6, 6.07) is 124. The van der Waals surface area contributed by atoms with Crippen LogP contribution in [-0.4, -0.2) is 8.07 Å². The Kier molecular flexibility index (Phi) is 11.3. The van der Waals surface area contributed by atoms with Crippen LogP contribution in [0.1, 0.15) is 45.9 Å². The first-order chi connectivity index (χ1) is 41.1. The van der Waals surface area contributed by atoms with Crippen molar-refractivity contribution in [2.24, 2.45) is 0 Å². The van der Waals surface area contributed by atoms with Crippen LogP contribution >= 0.6 is 0 Å². The van der Waals surface area contributed by atoms with Crippen molar-refractivity contribution in [2.75, 3.05) is 4.90 Å². The smallest absolute Gasteiger partial charge is 0.180 e. The van der Waals surface area contributed by atoms with Crippen molar-refractivity contribution < 1.29 is 0 Å². The van der Waals surface area contributed by atoms with Gasteiger partial charge in [0.15, 0.2) is 8.07 Å². The van der Waals surface area contributed by atoms with Crippen molar-refractivity contribution in [1.29, 1.82) is 0 Å². The summed E-state index contributed by atoms with van der Waals surface area (Å²) in [4.78, 5) is 2.54. The van der Waals surface area contributed by atoms with Gasteiger partial charge in [-0.1, -0.05) is 285 Å². The summed E-state index contributed by atoms with van der Waals surface area (Å²) in [7, 11) is -2.88. The average Bonchev–Trinajstić information content (AvgIpc) is 1.84. The van der Waals surface area contributed by atoms with Gasteiger partial charge >= 0.3 is 0 Å². The molecule has 13 aromatic carbocycles. The van der Waals surface area contributed by atoms with E-state index in [1.165, 1.54) is 115 Å². The molecule has 0 bridgehead atoms. The molecular weight excluding hydrogens is 1010 g/mol. The first-order valence-corrected chi connectivity index (χ1v) is 31.1. The first kappa shape index (κ1) is 48.8. The normalized spacial score (nSPS) is 15.3. The van der Waals surface area contributed by atoms with Crippen molar-refractivity contribution in [2.45, 2.75) is 17.8 Å². The van der Waals surface area contributed by atoms with E-state index in [-0.39, 0.29) is 5.41 Å². The van der Waals surface area contributed by atoms with Crippen molar-refractivity contribution in [1.82, 2.24) is 0 Å². The average molecular weight is 1070 g/mol. The largest absolute Gasteiger partial charge is 0.310 e. The van der Waals surface area contributed by atoms with Gasteiger partial charge in [0.25, 0.3) is 0 Å². The summed E-state index contributed by atoms with van der Waals surface area (Å²) in [5.74, 6) is 0. The monoisotopic (exact) mass is 1070 g/mol. The van der Waals surface area contributed by atoms with Gasteiger partial charge in [-0.2, -0.15) is 0 Å². The number of benzene rings is 13. The zero-order valence-corrected chi connectivity index (χ0v) is 47.1. The van der Waals surface area contributed by atoms with Gasteiger partial charge in [-0.15, -0.1) is 0 Å². The van der Waals surface area contributed by atoms with E-state index in [0.29, 0.717) is 0 Å². The second kappa shape index (κ2) is 19.3. The molecule has 1 heterocycles. The highest BCUT2D eigenvalue weighted by Crippen LogP contribution is 2.57. The van der Waals surface area contributed by atoms with Crippen LogP contribution in [0.3, 0.4) is 0 Å². The van der Waals surface area contributed by atoms with Gasteiger partial charge in [0.1, 0.15) is 0 Å². The highest BCUT2D eigenvalue weighted by molar-refractivity contribution is 7.22. The zero-order chi connectivity index (χ0) is 55.1. The Labute approximate surface area is 487 Å². The predicted molar refractivity (Wildman–Crippen MR) is 349 cm³/mol. The maximum Gasteiger partial charge on any atom is 0.180 e. The second-order valence-corrected chi connectivity index (χ2v) is 26.5. The predicted octanol–water partition coefficient (Wildman–Crippen LogP) is 17.5. The molecule has 1 atom stereocenters. The number of fused-ring (bicyclic) bond motifs is 9. The lowest BCUT2D eigenvalue weighted by Crippen LogP contribution is -2.72. The molecule has 0 aromatic heterocycles. The molecule has 13 aromatic rings. The summed E-state index contributed by atoms with van der Waals surface area (Å²) < 4.78 is 0. The third kappa shape index (κ3) is 7.19. The van der Waals surface area contributed by atoms with Crippen LogP contribution in [0, 0.1) is 0 Å². The quantitative estimate of drug-likeness (QED) is 0.123. The number of rotatable bonds is 10. The maximum absolute atomic E-state index is 2.88.